The molecule has 1 aromatic rings. The van der Waals surface area contributed by atoms with Crippen LogP contribution in [-0.4, -0.2) is 11.6 Å². The van der Waals surface area contributed by atoms with Gasteiger partial charge in [0, 0.05) is 24.0 Å². The Morgan fingerprint density at radius 3 is 1.64 bits per heavy atom. The zero-order valence-electron chi connectivity index (χ0n) is 7.95. The molecule has 0 saturated heterocycles. The predicted octanol–water partition coefficient (Wildman–Crippen LogP) is 2.63. The average molecular weight is 188 g/mol. The minimum Gasteiger partial charge on any atom is -0.294 e. The highest BCUT2D eigenvalue weighted by atomic mass is 16.1. The van der Waals surface area contributed by atoms with Crippen molar-refractivity contribution in [2.45, 2.75) is 25.7 Å². The van der Waals surface area contributed by atoms with Crippen LogP contribution in [0, 0.1) is 0 Å². The van der Waals surface area contributed by atoms with Gasteiger partial charge in [-0.05, 0) is 12.8 Å². The number of benzene rings is 1. The Morgan fingerprint density at radius 1 is 0.786 bits per heavy atom. The van der Waals surface area contributed by atoms with Crippen molar-refractivity contribution >= 4 is 11.6 Å². The highest BCUT2D eigenvalue weighted by molar-refractivity contribution is 6.09. The number of hydrogen-bond donors (Lipinski definition) is 0. The second-order valence-electron chi connectivity index (χ2n) is 3.60. The van der Waals surface area contributed by atoms with Crippen molar-refractivity contribution in [3.8, 4) is 0 Å². The lowest BCUT2D eigenvalue weighted by Gasteiger charge is -2.10. The number of carbonyl (C=O) groups is 2. The Balaban J connectivity index is 2.49. The average Bonchev–Trinajstić information content (AvgIpc) is 2.22. The standard InChI is InChI=1S/C12H12O2/c13-11-7-3-4-8-12(14)10-6-2-1-5-9(10)11/h1-2,5-6H,3-4,7-8H2. The SMILES string of the molecule is O=C1CCCCC(=O)c2ccccc21. The monoisotopic (exact) mass is 188 g/mol. The van der Waals surface area contributed by atoms with E-state index in [1.807, 2.05) is 12.1 Å². The van der Waals surface area contributed by atoms with Gasteiger partial charge in [-0.2, -0.15) is 0 Å². The maximum atomic E-state index is 11.7. The summed E-state index contributed by atoms with van der Waals surface area (Å²) in [5, 5.41) is 0. The topological polar surface area (TPSA) is 34.1 Å². The van der Waals surface area contributed by atoms with E-state index in [9.17, 15) is 9.59 Å². The molecule has 0 aliphatic heterocycles. The molecule has 0 N–H and O–H groups in total. The number of rotatable bonds is 0. The first-order chi connectivity index (χ1) is 6.79. The van der Waals surface area contributed by atoms with Crippen molar-refractivity contribution in [3.63, 3.8) is 0 Å². The Kier molecular flexibility index (Phi) is 2.44. The minimum absolute atomic E-state index is 0.105. The smallest absolute Gasteiger partial charge is 0.163 e. The van der Waals surface area contributed by atoms with Gasteiger partial charge in [-0.3, -0.25) is 9.59 Å². The van der Waals surface area contributed by atoms with E-state index in [0.717, 1.165) is 12.8 Å². The molecular formula is C12H12O2. The van der Waals surface area contributed by atoms with Crippen LogP contribution in [0.3, 0.4) is 0 Å². The van der Waals surface area contributed by atoms with Crippen molar-refractivity contribution in [1.82, 2.24) is 0 Å². The maximum absolute atomic E-state index is 11.7. The zero-order chi connectivity index (χ0) is 9.97. The Labute approximate surface area is 82.9 Å². The molecule has 2 nitrogen and oxygen atoms in total. The fraction of sp³-hybridized carbons (Fsp3) is 0.333. The molecule has 0 radical (unpaired) electrons. The van der Waals surface area contributed by atoms with Gasteiger partial charge in [-0.15, -0.1) is 0 Å². The van der Waals surface area contributed by atoms with Gasteiger partial charge in [-0.1, -0.05) is 24.3 Å². The van der Waals surface area contributed by atoms with Gasteiger partial charge in [0.05, 0.1) is 0 Å². The van der Waals surface area contributed by atoms with E-state index in [-0.39, 0.29) is 11.6 Å². The summed E-state index contributed by atoms with van der Waals surface area (Å²) in [5.41, 5.74) is 1.22. The molecule has 14 heavy (non-hydrogen) atoms. The van der Waals surface area contributed by atoms with Crippen LogP contribution in [-0.2, 0) is 0 Å². The number of ketones is 2. The van der Waals surface area contributed by atoms with Gasteiger partial charge >= 0.3 is 0 Å². The van der Waals surface area contributed by atoms with Gasteiger partial charge in [0.25, 0.3) is 0 Å². The van der Waals surface area contributed by atoms with Crippen LogP contribution in [0.15, 0.2) is 24.3 Å². The molecule has 0 spiro atoms. The first-order valence-electron chi connectivity index (χ1n) is 4.94. The van der Waals surface area contributed by atoms with Crippen LogP contribution in [0.4, 0.5) is 0 Å². The fourth-order valence-corrected chi connectivity index (χ4v) is 1.81. The van der Waals surface area contributed by atoms with Crippen LogP contribution in [0.5, 0.6) is 0 Å². The highest BCUT2D eigenvalue weighted by Gasteiger charge is 2.18. The normalized spacial score (nSPS) is 17.1. The number of Topliss-reactive ketones (excluding diaryl/α,β-unsaturated/α-hetero) is 2. The number of hydrogen-bond acceptors (Lipinski definition) is 2. The van der Waals surface area contributed by atoms with Crippen LogP contribution in [0.25, 0.3) is 0 Å². The maximum Gasteiger partial charge on any atom is 0.163 e. The van der Waals surface area contributed by atoms with Crippen LogP contribution in [0.1, 0.15) is 46.4 Å². The van der Waals surface area contributed by atoms with E-state index in [1.54, 1.807) is 12.1 Å². The molecule has 0 aromatic heterocycles. The summed E-state index contributed by atoms with van der Waals surface area (Å²) in [6.07, 6.45) is 2.81. The second kappa shape index (κ2) is 3.74. The molecule has 0 bridgehead atoms. The van der Waals surface area contributed by atoms with E-state index in [4.69, 9.17) is 0 Å². The summed E-state index contributed by atoms with van der Waals surface area (Å²) in [6, 6.07) is 7.12. The third-order valence-corrected chi connectivity index (χ3v) is 2.59. The van der Waals surface area contributed by atoms with Gasteiger partial charge in [-0.25, -0.2) is 0 Å². The van der Waals surface area contributed by atoms with Gasteiger partial charge in [0.15, 0.2) is 11.6 Å². The lowest BCUT2D eigenvalue weighted by atomic mass is 9.92. The third-order valence-electron chi connectivity index (χ3n) is 2.59. The van der Waals surface area contributed by atoms with E-state index in [0.29, 0.717) is 24.0 Å². The summed E-state index contributed by atoms with van der Waals surface area (Å²) in [5.74, 6) is 0.210. The molecule has 1 aromatic carbocycles. The molecule has 0 unspecified atom stereocenters. The van der Waals surface area contributed by atoms with Crippen molar-refractivity contribution in [2.75, 3.05) is 0 Å². The summed E-state index contributed by atoms with van der Waals surface area (Å²) >= 11 is 0. The van der Waals surface area contributed by atoms with Gasteiger partial charge < -0.3 is 0 Å². The largest absolute Gasteiger partial charge is 0.294 e. The molecule has 2 rings (SSSR count). The highest BCUT2D eigenvalue weighted by Crippen LogP contribution is 2.19. The Hall–Kier alpha value is -1.44. The van der Waals surface area contributed by atoms with Gasteiger partial charge in [0.2, 0.25) is 0 Å². The number of carbonyl (C=O) groups excluding carboxylic acids is 2. The van der Waals surface area contributed by atoms with Crippen molar-refractivity contribution < 1.29 is 9.59 Å². The molecule has 1 aliphatic carbocycles. The van der Waals surface area contributed by atoms with Crippen LogP contribution >= 0.6 is 0 Å². The van der Waals surface area contributed by atoms with Crippen molar-refractivity contribution in [2.24, 2.45) is 0 Å². The molecule has 0 atom stereocenters. The van der Waals surface area contributed by atoms with E-state index >= 15 is 0 Å². The summed E-state index contributed by atoms with van der Waals surface area (Å²) < 4.78 is 0. The first-order valence-corrected chi connectivity index (χ1v) is 4.94. The van der Waals surface area contributed by atoms with E-state index in [1.165, 1.54) is 0 Å². The van der Waals surface area contributed by atoms with Gasteiger partial charge in [0.1, 0.15) is 0 Å². The molecule has 0 amide bonds. The molecular weight excluding hydrogens is 176 g/mol. The lowest BCUT2D eigenvalue weighted by molar-refractivity contribution is 0.0929. The molecule has 1 aliphatic rings. The molecule has 72 valence electrons. The number of fused-ring (bicyclic) bond motifs is 1. The quantitative estimate of drug-likeness (QED) is 0.627. The molecule has 0 heterocycles. The van der Waals surface area contributed by atoms with Crippen molar-refractivity contribution in [1.29, 1.82) is 0 Å². The predicted molar refractivity (Wildman–Crippen MR) is 53.6 cm³/mol. The molecule has 0 saturated carbocycles. The Bertz CT molecular complexity index is 343. The summed E-state index contributed by atoms with van der Waals surface area (Å²) in [7, 11) is 0. The minimum atomic E-state index is 0.105. The molecule has 0 fully saturated rings. The lowest BCUT2D eigenvalue weighted by Crippen LogP contribution is -2.12. The Morgan fingerprint density at radius 2 is 1.21 bits per heavy atom. The van der Waals surface area contributed by atoms with Crippen LogP contribution in [0.2, 0.25) is 0 Å². The van der Waals surface area contributed by atoms with Crippen LogP contribution < -0.4 is 0 Å². The third kappa shape index (κ3) is 1.60. The summed E-state index contributed by atoms with van der Waals surface area (Å²) in [6.45, 7) is 0. The zero-order valence-corrected chi connectivity index (χ0v) is 7.95. The van der Waals surface area contributed by atoms with E-state index < -0.39 is 0 Å². The molecule has 2 heteroatoms. The first kappa shape index (κ1) is 9.13. The second-order valence-corrected chi connectivity index (χ2v) is 3.60. The summed E-state index contributed by atoms with van der Waals surface area (Å²) in [4.78, 5) is 23.3. The fourth-order valence-electron chi connectivity index (χ4n) is 1.81. The van der Waals surface area contributed by atoms with Crippen molar-refractivity contribution in [3.05, 3.63) is 35.4 Å². The van der Waals surface area contributed by atoms with E-state index in [2.05, 4.69) is 0 Å².